The molecule has 0 saturated heterocycles. The zero-order valence-corrected chi connectivity index (χ0v) is 12.6. The zero-order chi connectivity index (χ0) is 16.6. The van der Waals surface area contributed by atoms with Gasteiger partial charge in [0.15, 0.2) is 0 Å². The van der Waals surface area contributed by atoms with Crippen molar-refractivity contribution in [3.8, 4) is 0 Å². The molecule has 0 saturated carbocycles. The molecule has 23 heavy (non-hydrogen) atoms. The topological polar surface area (TPSA) is 20.3 Å². The van der Waals surface area contributed by atoms with Gasteiger partial charge < -0.3 is 4.90 Å². The molecule has 0 radical (unpaired) electrons. The molecule has 1 aliphatic rings. The summed E-state index contributed by atoms with van der Waals surface area (Å²) in [5.74, 6) is -0.323. The monoisotopic (exact) mass is 319 g/mol. The molecule has 2 aromatic rings. The number of carbonyl (C=O) groups excluding carboxylic acids is 1. The Hall–Kier alpha value is -2.30. The molecule has 1 atom stereocenters. The highest BCUT2D eigenvalue weighted by Gasteiger charge is 2.36. The van der Waals surface area contributed by atoms with Gasteiger partial charge in [0.05, 0.1) is 11.5 Å². The van der Waals surface area contributed by atoms with Crippen LogP contribution in [0.3, 0.4) is 0 Å². The number of likely N-dealkylation sites (N-methyl/N-ethyl adjacent to an activating group) is 1. The van der Waals surface area contributed by atoms with Crippen LogP contribution in [0, 0.1) is 0 Å². The van der Waals surface area contributed by atoms with Crippen LogP contribution in [0.1, 0.15) is 29.5 Å². The molecule has 0 aliphatic carbocycles. The minimum atomic E-state index is -4.34. The number of benzene rings is 2. The second-order valence-corrected chi connectivity index (χ2v) is 5.59. The van der Waals surface area contributed by atoms with Crippen LogP contribution in [0.25, 0.3) is 0 Å². The fourth-order valence-electron chi connectivity index (χ4n) is 3.06. The first-order valence-corrected chi connectivity index (χ1v) is 7.48. The molecular formula is C18H16F3NO. The normalized spacial score (nSPS) is 17.5. The molecule has 0 fully saturated rings. The second kappa shape index (κ2) is 5.72. The number of amides is 1. The average Bonchev–Trinajstić information content (AvgIpc) is 2.79. The molecule has 5 heteroatoms. The maximum atomic E-state index is 12.6. The molecule has 0 bridgehead atoms. The van der Waals surface area contributed by atoms with E-state index >= 15 is 0 Å². The second-order valence-electron chi connectivity index (χ2n) is 5.59. The predicted octanol–water partition coefficient (Wildman–Crippen LogP) is 4.40. The van der Waals surface area contributed by atoms with Gasteiger partial charge in [-0.25, -0.2) is 0 Å². The number of halogens is 3. The molecule has 0 aromatic heterocycles. The Labute approximate surface area is 132 Å². The van der Waals surface area contributed by atoms with Crippen LogP contribution in [0.2, 0.25) is 0 Å². The van der Waals surface area contributed by atoms with Crippen molar-refractivity contribution in [2.45, 2.75) is 25.4 Å². The molecule has 120 valence electrons. The van der Waals surface area contributed by atoms with Gasteiger partial charge in [0, 0.05) is 12.2 Å². The molecule has 0 spiro atoms. The molecule has 1 heterocycles. The third-order valence-corrected chi connectivity index (χ3v) is 4.20. The molecule has 0 N–H and O–H groups in total. The van der Waals surface area contributed by atoms with Crippen molar-refractivity contribution in [3.63, 3.8) is 0 Å². The Morgan fingerprint density at radius 2 is 1.70 bits per heavy atom. The fraction of sp³-hybridized carbons (Fsp3) is 0.278. The summed E-state index contributed by atoms with van der Waals surface area (Å²) < 4.78 is 37.9. The molecule has 1 amide bonds. The number of hydrogen-bond donors (Lipinski definition) is 0. The third kappa shape index (κ3) is 2.83. The van der Waals surface area contributed by atoms with Crippen molar-refractivity contribution in [2.75, 3.05) is 11.4 Å². The van der Waals surface area contributed by atoms with E-state index < -0.39 is 11.7 Å². The van der Waals surface area contributed by atoms with Crippen molar-refractivity contribution in [3.05, 3.63) is 65.2 Å². The summed E-state index contributed by atoms with van der Waals surface area (Å²) in [4.78, 5) is 14.3. The lowest BCUT2D eigenvalue weighted by molar-refractivity contribution is -0.137. The summed E-state index contributed by atoms with van der Waals surface area (Å²) in [6.07, 6.45) is -3.93. The minimum absolute atomic E-state index is 0.00796. The number of nitrogens with zero attached hydrogens (tertiary/aromatic N) is 1. The van der Waals surface area contributed by atoms with Gasteiger partial charge in [0.25, 0.3) is 0 Å². The Kier molecular flexibility index (Phi) is 3.88. The summed E-state index contributed by atoms with van der Waals surface area (Å²) in [6, 6.07) is 12.6. The van der Waals surface area contributed by atoms with Crippen LogP contribution in [0.15, 0.2) is 48.5 Å². The minimum Gasteiger partial charge on any atom is -0.312 e. The van der Waals surface area contributed by atoms with E-state index in [1.54, 1.807) is 4.90 Å². The Morgan fingerprint density at radius 1 is 1.04 bits per heavy atom. The molecule has 2 nitrogen and oxygen atoms in total. The summed E-state index contributed by atoms with van der Waals surface area (Å²) in [5, 5.41) is 0. The number of rotatable bonds is 3. The van der Waals surface area contributed by atoms with Crippen LogP contribution in [0.4, 0.5) is 18.9 Å². The van der Waals surface area contributed by atoms with Gasteiger partial charge in [0.2, 0.25) is 5.91 Å². The maximum absolute atomic E-state index is 12.6. The third-order valence-electron chi connectivity index (χ3n) is 4.20. The zero-order valence-electron chi connectivity index (χ0n) is 12.6. The molecule has 0 unspecified atom stereocenters. The van der Waals surface area contributed by atoms with E-state index in [0.717, 1.165) is 28.9 Å². The fourth-order valence-corrected chi connectivity index (χ4v) is 3.06. The van der Waals surface area contributed by atoms with Crippen LogP contribution >= 0.6 is 0 Å². The number of carbonyl (C=O) groups is 1. The number of para-hydroxylation sites is 1. The molecular weight excluding hydrogens is 303 g/mol. The lowest BCUT2D eigenvalue weighted by Gasteiger charge is -2.15. The van der Waals surface area contributed by atoms with Crippen molar-refractivity contribution in [1.82, 2.24) is 0 Å². The van der Waals surface area contributed by atoms with Crippen molar-refractivity contribution >= 4 is 11.6 Å². The van der Waals surface area contributed by atoms with Crippen molar-refractivity contribution in [2.24, 2.45) is 0 Å². The highest BCUT2D eigenvalue weighted by atomic mass is 19.4. The maximum Gasteiger partial charge on any atom is 0.416 e. The van der Waals surface area contributed by atoms with E-state index in [-0.39, 0.29) is 11.8 Å². The van der Waals surface area contributed by atoms with Gasteiger partial charge in [-0.2, -0.15) is 13.2 Å². The number of anilines is 1. The predicted molar refractivity (Wildman–Crippen MR) is 82.4 cm³/mol. The smallest absolute Gasteiger partial charge is 0.312 e. The van der Waals surface area contributed by atoms with Crippen LogP contribution in [0.5, 0.6) is 0 Å². The van der Waals surface area contributed by atoms with Crippen molar-refractivity contribution in [1.29, 1.82) is 0 Å². The van der Waals surface area contributed by atoms with E-state index in [1.165, 1.54) is 12.1 Å². The SMILES string of the molecule is CCN1C(=O)[C@@H](Cc2ccc(C(F)(F)F)cc2)c2ccccc21. The summed E-state index contributed by atoms with van der Waals surface area (Å²) in [7, 11) is 0. The van der Waals surface area contributed by atoms with Gasteiger partial charge in [-0.3, -0.25) is 4.79 Å². The number of hydrogen-bond acceptors (Lipinski definition) is 1. The average molecular weight is 319 g/mol. The van der Waals surface area contributed by atoms with Crippen LogP contribution in [-0.4, -0.2) is 12.5 Å². The van der Waals surface area contributed by atoms with E-state index in [2.05, 4.69) is 0 Å². The van der Waals surface area contributed by atoms with Gasteiger partial charge in [0.1, 0.15) is 0 Å². The molecule has 3 rings (SSSR count). The van der Waals surface area contributed by atoms with E-state index in [1.807, 2.05) is 31.2 Å². The van der Waals surface area contributed by atoms with E-state index in [9.17, 15) is 18.0 Å². The number of fused-ring (bicyclic) bond motifs is 1. The lowest BCUT2D eigenvalue weighted by atomic mass is 9.93. The molecule has 2 aromatic carbocycles. The van der Waals surface area contributed by atoms with Crippen molar-refractivity contribution < 1.29 is 18.0 Å². The quantitative estimate of drug-likeness (QED) is 0.821. The Balaban J connectivity index is 1.87. The van der Waals surface area contributed by atoms with Gasteiger partial charge in [-0.05, 0) is 42.7 Å². The Bertz CT molecular complexity index is 722. The standard InChI is InChI=1S/C18H16F3NO/c1-2-22-16-6-4-3-5-14(16)15(17(22)23)11-12-7-9-13(10-8-12)18(19,20)21/h3-10,15H,2,11H2,1H3/t15-/m0/s1. The van der Waals surface area contributed by atoms with E-state index in [0.29, 0.717) is 13.0 Å². The highest BCUT2D eigenvalue weighted by Crippen LogP contribution is 2.39. The first-order chi connectivity index (χ1) is 10.9. The van der Waals surface area contributed by atoms with Crippen LogP contribution in [-0.2, 0) is 17.4 Å². The lowest BCUT2D eigenvalue weighted by Crippen LogP contribution is -2.29. The molecule has 1 aliphatic heterocycles. The first kappa shape index (κ1) is 15.6. The van der Waals surface area contributed by atoms with Gasteiger partial charge in [-0.15, -0.1) is 0 Å². The highest BCUT2D eigenvalue weighted by molar-refractivity contribution is 6.05. The van der Waals surface area contributed by atoms with E-state index in [4.69, 9.17) is 0 Å². The van der Waals surface area contributed by atoms with Crippen LogP contribution < -0.4 is 4.90 Å². The summed E-state index contributed by atoms with van der Waals surface area (Å²) >= 11 is 0. The summed E-state index contributed by atoms with van der Waals surface area (Å²) in [5.41, 5.74) is 1.90. The number of alkyl halides is 3. The summed E-state index contributed by atoms with van der Waals surface area (Å²) in [6.45, 7) is 2.49. The largest absolute Gasteiger partial charge is 0.416 e. The Morgan fingerprint density at radius 3 is 2.30 bits per heavy atom. The van der Waals surface area contributed by atoms with Gasteiger partial charge in [-0.1, -0.05) is 30.3 Å². The first-order valence-electron chi connectivity index (χ1n) is 7.48. The van der Waals surface area contributed by atoms with Gasteiger partial charge >= 0.3 is 6.18 Å².